The molecule has 0 aromatic heterocycles. The Balaban J connectivity index is 0.000000284. The molecule has 6 nitrogen and oxygen atoms in total. The molecule has 1 saturated heterocycles. The summed E-state index contributed by atoms with van der Waals surface area (Å²) in [6.07, 6.45) is 2.90. The van der Waals surface area contributed by atoms with E-state index in [1.807, 2.05) is 11.8 Å². The third-order valence-electron chi connectivity index (χ3n) is 3.11. The Bertz CT molecular complexity index is 527. The molecule has 7 heteroatoms. The molecule has 23 heavy (non-hydrogen) atoms. The van der Waals surface area contributed by atoms with E-state index < -0.39 is 11.9 Å². The summed E-state index contributed by atoms with van der Waals surface area (Å²) in [7, 11) is 0. The Morgan fingerprint density at radius 3 is 2.35 bits per heavy atom. The highest BCUT2D eigenvalue weighted by atomic mass is 32.2. The number of hydrogen-bond acceptors (Lipinski definition) is 7. The molecule has 1 heterocycles. The van der Waals surface area contributed by atoms with Crippen LogP contribution in [0.3, 0.4) is 0 Å². The van der Waals surface area contributed by atoms with Gasteiger partial charge in [-0.1, -0.05) is 12.1 Å². The number of benzene rings is 1. The zero-order valence-electron chi connectivity index (χ0n) is 13.0. The van der Waals surface area contributed by atoms with Crippen LogP contribution in [0.4, 0.5) is 0 Å². The Morgan fingerprint density at radius 1 is 1.22 bits per heavy atom. The zero-order chi connectivity index (χ0) is 17.1. The van der Waals surface area contributed by atoms with Gasteiger partial charge in [0.2, 0.25) is 0 Å². The van der Waals surface area contributed by atoms with E-state index in [2.05, 4.69) is 40.7 Å². The van der Waals surface area contributed by atoms with Gasteiger partial charge in [0.1, 0.15) is 0 Å². The summed E-state index contributed by atoms with van der Waals surface area (Å²) in [5.74, 6) is -3.09. The van der Waals surface area contributed by atoms with Crippen LogP contribution in [0.1, 0.15) is 5.56 Å². The van der Waals surface area contributed by atoms with Gasteiger partial charge in [-0.25, -0.2) is 0 Å². The van der Waals surface area contributed by atoms with Crippen LogP contribution in [0.5, 0.6) is 0 Å². The lowest BCUT2D eigenvalue weighted by atomic mass is 10.2. The van der Waals surface area contributed by atoms with E-state index in [9.17, 15) is 19.8 Å². The maximum Gasteiger partial charge on any atom is 0.0643 e. The molecule has 2 rings (SSSR count). The van der Waals surface area contributed by atoms with E-state index in [-0.39, 0.29) is 0 Å². The minimum Gasteiger partial charge on any atom is -0.545 e. The molecule has 126 valence electrons. The molecule has 1 aliphatic heterocycles. The largest absolute Gasteiger partial charge is 0.545 e. The molecular weight excluding hydrogens is 316 g/mol. The van der Waals surface area contributed by atoms with Crippen LogP contribution in [0.2, 0.25) is 0 Å². The van der Waals surface area contributed by atoms with Crippen molar-refractivity contribution in [3.63, 3.8) is 0 Å². The number of thioether (sulfide) groups is 1. The van der Waals surface area contributed by atoms with Crippen LogP contribution >= 0.6 is 11.8 Å². The summed E-state index contributed by atoms with van der Waals surface area (Å²) in [6.45, 7) is 5.69. The van der Waals surface area contributed by atoms with Crippen LogP contribution < -0.4 is 15.5 Å². The summed E-state index contributed by atoms with van der Waals surface area (Å²) in [5, 5.41) is 22.2. The number of nitrogens with one attached hydrogen (secondary N) is 1. The van der Waals surface area contributed by atoms with Crippen molar-refractivity contribution in [3.05, 3.63) is 42.0 Å². The molecule has 1 N–H and O–H groups in total. The SMILES string of the molecule is CSc1cccc(CN2CCNCC2)c1.O=C([O-])/C=C\C(=O)[O-]. The molecule has 0 radical (unpaired) electrons. The first-order chi connectivity index (χ1) is 11.0. The Kier molecular flexibility index (Phi) is 9.04. The molecule has 0 atom stereocenters. The summed E-state index contributed by atoms with van der Waals surface area (Å²) >= 11 is 1.81. The quantitative estimate of drug-likeness (QED) is 0.536. The first-order valence-electron chi connectivity index (χ1n) is 7.17. The molecule has 0 spiro atoms. The number of carboxylic acid groups (broad SMARTS) is 2. The van der Waals surface area contributed by atoms with Crippen LogP contribution in [0.15, 0.2) is 41.3 Å². The summed E-state index contributed by atoms with van der Waals surface area (Å²) in [5.41, 5.74) is 1.43. The number of carboxylic acids is 2. The highest BCUT2D eigenvalue weighted by Gasteiger charge is 2.09. The molecule has 0 amide bonds. The monoisotopic (exact) mass is 336 g/mol. The van der Waals surface area contributed by atoms with Crippen LogP contribution in [0.25, 0.3) is 0 Å². The minimum absolute atomic E-state index is 0.384. The smallest absolute Gasteiger partial charge is 0.0643 e. The van der Waals surface area contributed by atoms with Gasteiger partial charge in [0, 0.05) is 37.6 Å². The average Bonchev–Trinajstić information content (AvgIpc) is 2.55. The fourth-order valence-corrected chi connectivity index (χ4v) is 2.52. The van der Waals surface area contributed by atoms with Gasteiger partial charge in [-0.3, -0.25) is 4.90 Å². The van der Waals surface area contributed by atoms with E-state index >= 15 is 0 Å². The third-order valence-corrected chi connectivity index (χ3v) is 3.83. The molecule has 1 aromatic rings. The van der Waals surface area contributed by atoms with Crippen LogP contribution in [0, 0.1) is 0 Å². The average molecular weight is 336 g/mol. The molecule has 1 aliphatic rings. The van der Waals surface area contributed by atoms with E-state index in [1.165, 1.54) is 23.5 Å². The van der Waals surface area contributed by atoms with Crippen molar-refractivity contribution in [2.75, 3.05) is 32.4 Å². The van der Waals surface area contributed by atoms with E-state index in [4.69, 9.17) is 0 Å². The molecule has 0 aliphatic carbocycles. The molecule has 0 saturated carbocycles. The predicted molar refractivity (Wildman–Crippen MR) is 85.5 cm³/mol. The van der Waals surface area contributed by atoms with Crippen LogP contribution in [-0.4, -0.2) is 49.3 Å². The lowest BCUT2D eigenvalue weighted by Gasteiger charge is -2.27. The zero-order valence-corrected chi connectivity index (χ0v) is 13.8. The van der Waals surface area contributed by atoms with Gasteiger partial charge < -0.3 is 25.1 Å². The highest BCUT2D eigenvalue weighted by Crippen LogP contribution is 2.17. The van der Waals surface area contributed by atoms with Crippen molar-refractivity contribution in [2.45, 2.75) is 11.4 Å². The number of piperazine rings is 1. The molecular formula is C16H20N2O4S-2. The van der Waals surface area contributed by atoms with Crippen molar-refractivity contribution in [1.29, 1.82) is 0 Å². The van der Waals surface area contributed by atoms with Crippen LogP contribution in [-0.2, 0) is 16.1 Å². The summed E-state index contributed by atoms with van der Waals surface area (Å²) < 4.78 is 0. The van der Waals surface area contributed by atoms with Crippen molar-refractivity contribution < 1.29 is 19.8 Å². The van der Waals surface area contributed by atoms with Crippen molar-refractivity contribution in [3.8, 4) is 0 Å². The number of hydrogen-bond donors (Lipinski definition) is 1. The Morgan fingerprint density at radius 2 is 1.83 bits per heavy atom. The van der Waals surface area contributed by atoms with Crippen molar-refractivity contribution in [1.82, 2.24) is 10.2 Å². The molecule has 0 unspecified atom stereocenters. The maximum atomic E-state index is 9.41. The highest BCUT2D eigenvalue weighted by molar-refractivity contribution is 7.98. The van der Waals surface area contributed by atoms with Gasteiger partial charge >= 0.3 is 0 Å². The Labute approximate surface area is 140 Å². The molecule has 0 bridgehead atoms. The van der Waals surface area contributed by atoms with E-state index in [0.717, 1.165) is 19.6 Å². The number of carbonyl (C=O) groups excluding carboxylic acids is 2. The molecule has 1 fully saturated rings. The minimum atomic E-state index is -1.55. The molecule has 1 aromatic carbocycles. The predicted octanol–water partition coefficient (Wildman–Crippen LogP) is -1.14. The summed E-state index contributed by atoms with van der Waals surface area (Å²) in [6, 6.07) is 8.85. The normalized spacial score (nSPS) is 15.0. The van der Waals surface area contributed by atoms with Crippen molar-refractivity contribution in [2.24, 2.45) is 0 Å². The summed E-state index contributed by atoms with van der Waals surface area (Å²) in [4.78, 5) is 22.7. The van der Waals surface area contributed by atoms with Gasteiger partial charge in [0.05, 0.1) is 11.9 Å². The van der Waals surface area contributed by atoms with E-state index in [1.54, 1.807) is 0 Å². The van der Waals surface area contributed by atoms with Crippen molar-refractivity contribution >= 4 is 23.7 Å². The second-order valence-electron chi connectivity index (χ2n) is 4.85. The van der Waals surface area contributed by atoms with E-state index in [0.29, 0.717) is 12.2 Å². The second-order valence-corrected chi connectivity index (χ2v) is 5.73. The third kappa shape index (κ3) is 9.02. The van der Waals surface area contributed by atoms with Gasteiger partial charge in [-0.05, 0) is 36.1 Å². The number of carbonyl (C=O) groups is 2. The van der Waals surface area contributed by atoms with Gasteiger partial charge in [0.25, 0.3) is 0 Å². The number of rotatable bonds is 5. The van der Waals surface area contributed by atoms with Gasteiger partial charge in [0.15, 0.2) is 0 Å². The first kappa shape index (κ1) is 19.2. The topological polar surface area (TPSA) is 95.5 Å². The number of nitrogens with zero attached hydrogens (tertiary/aromatic N) is 1. The first-order valence-corrected chi connectivity index (χ1v) is 8.40. The fourth-order valence-electron chi connectivity index (χ4n) is 2.03. The number of aliphatic carboxylic acids is 2. The Hall–Kier alpha value is -1.83. The van der Waals surface area contributed by atoms with Gasteiger partial charge in [-0.15, -0.1) is 11.8 Å². The standard InChI is InChI=1S/C12H18N2S.C4H4O4/c1-15-12-4-2-3-11(9-12)10-14-7-5-13-6-8-14;5-3(6)1-2-4(7)8/h2-4,9,13H,5-8,10H2,1H3;1-2H,(H,5,6)(H,7,8)/p-2/b;2-1-. The van der Waals surface area contributed by atoms with Gasteiger partial charge in [-0.2, -0.15) is 0 Å². The maximum absolute atomic E-state index is 9.41. The fraction of sp³-hybridized carbons (Fsp3) is 0.375. The lowest BCUT2D eigenvalue weighted by Crippen LogP contribution is -2.42. The lowest BCUT2D eigenvalue weighted by molar-refractivity contribution is -0.301. The second kappa shape index (κ2) is 10.8.